The third-order valence-corrected chi connectivity index (χ3v) is 2.91. The van der Waals surface area contributed by atoms with E-state index in [1.165, 1.54) is 38.8 Å². The molecule has 0 unspecified atom stereocenters. The molecule has 0 bridgehead atoms. The molecule has 0 aliphatic carbocycles. The number of nitrogens with one attached hydrogen (secondary N) is 1. The summed E-state index contributed by atoms with van der Waals surface area (Å²) in [6.45, 7) is 0. The van der Waals surface area contributed by atoms with Crippen LogP contribution in [0, 0.1) is 0 Å². The van der Waals surface area contributed by atoms with E-state index in [0.717, 1.165) is 0 Å². The second kappa shape index (κ2) is 7.12. The van der Waals surface area contributed by atoms with Crippen LogP contribution in [-0.2, 0) is 0 Å². The van der Waals surface area contributed by atoms with Gasteiger partial charge in [0, 0.05) is 5.56 Å². The van der Waals surface area contributed by atoms with E-state index in [9.17, 15) is 14.7 Å². The van der Waals surface area contributed by atoms with E-state index in [-0.39, 0.29) is 28.4 Å². The molecule has 0 fully saturated rings. The summed E-state index contributed by atoms with van der Waals surface area (Å²) in [5, 5.41) is 13.1. The van der Waals surface area contributed by atoms with E-state index in [1.807, 2.05) is 0 Å². The molecule has 2 N–H and O–H groups in total. The molecule has 0 atom stereocenters. The van der Waals surface area contributed by atoms with Gasteiger partial charge in [-0.2, -0.15) is 5.10 Å². The molecule has 2 rings (SSSR count). The number of furan rings is 1. The molecule has 8 nitrogen and oxygen atoms in total. The van der Waals surface area contributed by atoms with E-state index >= 15 is 0 Å². The van der Waals surface area contributed by atoms with Gasteiger partial charge in [0.1, 0.15) is 5.56 Å². The maximum absolute atomic E-state index is 11.7. The third kappa shape index (κ3) is 3.49. The summed E-state index contributed by atoms with van der Waals surface area (Å²) in [7, 11) is 2.74. The van der Waals surface area contributed by atoms with Crippen molar-refractivity contribution in [3.8, 4) is 11.5 Å². The van der Waals surface area contributed by atoms with Crippen LogP contribution in [0.2, 0.25) is 0 Å². The number of carbonyl (C=O) groups is 2. The molecular weight excluding hydrogens is 304 g/mol. The van der Waals surface area contributed by atoms with Crippen LogP contribution in [0.4, 0.5) is 0 Å². The average molecular weight is 318 g/mol. The maximum atomic E-state index is 11.7. The summed E-state index contributed by atoms with van der Waals surface area (Å²) in [6.07, 6.45) is 2.56. The Bertz CT molecular complexity index is 737. The summed E-state index contributed by atoms with van der Waals surface area (Å²) in [5.74, 6) is -1.32. The average Bonchev–Trinajstić information content (AvgIpc) is 3.08. The van der Waals surface area contributed by atoms with Crippen molar-refractivity contribution >= 4 is 18.1 Å². The first-order valence-electron chi connectivity index (χ1n) is 6.43. The number of ether oxygens (including phenoxy) is 2. The minimum Gasteiger partial charge on any atom is -0.493 e. The zero-order chi connectivity index (χ0) is 16.8. The Morgan fingerprint density at radius 1 is 1.26 bits per heavy atom. The Balaban J connectivity index is 2.27. The smallest absolute Gasteiger partial charge is 0.340 e. The highest BCUT2D eigenvalue weighted by Crippen LogP contribution is 2.32. The highest BCUT2D eigenvalue weighted by Gasteiger charge is 2.20. The van der Waals surface area contributed by atoms with Crippen molar-refractivity contribution in [1.82, 2.24) is 5.43 Å². The van der Waals surface area contributed by atoms with Gasteiger partial charge in [0.15, 0.2) is 17.3 Å². The molecule has 1 aromatic carbocycles. The van der Waals surface area contributed by atoms with Crippen molar-refractivity contribution in [2.45, 2.75) is 0 Å². The molecule has 0 radical (unpaired) electrons. The molecule has 0 saturated heterocycles. The molecule has 1 aromatic heterocycles. The van der Waals surface area contributed by atoms with E-state index in [0.29, 0.717) is 0 Å². The van der Waals surface area contributed by atoms with Gasteiger partial charge in [-0.05, 0) is 24.3 Å². The van der Waals surface area contributed by atoms with E-state index in [4.69, 9.17) is 13.9 Å². The fourth-order valence-corrected chi connectivity index (χ4v) is 1.89. The minimum atomic E-state index is -1.21. The van der Waals surface area contributed by atoms with Gasteiger partial charge in [-0.1, -0.05) is 0 Å². The van der Waals surface area contributed by atoms with Crippen LogP contribution in [0.15, 0.2) is 40.0 Å². The molecule has 8 heteroatoms. The molecule has 0 saturated carbocycles. The Hall–Kier alpha value is -3.29. The van der Waals surface area contributed by atoms with E-state index in [2.05, 4.69) is 10.5 Å². The van der Waals surface area contributed by atoms with Crippen molar-refractivity contribution in [3.63, 3.8) is 0 Å². The minimum absolute atomic E-state index is 0.0707. The molecule has 1 heterocycles. The molecule has 0 aliphatic heterocycles. The van der Waals surface area contributed by atoms with Gasteiger partial charge in [-0.25, -0.2) is 10.2 Å². The number of benzene rings is 1. The number of amides is 1. The van der Waals surface area contributed by atoms with Crippen molar-refractivity contribution < 1.29 is 28.6 Å². The number of hydrazone groups is 1. The summed E-state index contributed by atoms with van der Waals surface area (Å²) in [6, 6.07) is 6.08. The molecule has 0 aliphatic rings. The normalized spacial score (nSPS) is 10.5. The van der Waals surface area contributed by atoms with Crippen molar-refractivity contribution in [2.24, 2.45) is 5.10 Å². The Morgan fingerprint density at radius 3 is 2.61 bits per heavy atom. The van der Waals surface area contributed by atoms with E-state index in [1.54, 1.807) is 12.1 Å². The van der Waals surface area contributed by atoms with Gasteiger partial charge < -0.3 is 19.0 Å². The molecule has 0 spiro atoms. The van der Waals surface area contributed by atoms with Crippen LogP contribution in [0.3, 0.4) is 0 Å². The third-order valence-electron chi connectivity index (χ3n) is 2.91. The molecule has 120 valence electrons. The van der Waals surface area contributed by atoms with E-state index < -0.39 is 11.9 Å². The zero-order valence-corrected chi connectivity index (χ0v) is 12.4. The van der Waals surface area contributed by atoms with Crippen molar-refractivity contribution in [3.05, 3.63) is 47.4 Å². The second-order valence-corrected chi connectivity index (χ2v) is 4.25. The summed E-state index contributed by atoms with van der Waals surface area (Å²) < 4.78 is 15.1. The van der Waals surface area contributed by atoms with Crippen LogP contribution in [0.5, 0.6) is 11.5 Å². The Labute approximate surface area is 131 Å². The number of aromatic carboxylic acids is 1. The monoisotopic (exact) mass is 318 g/mol. The van der Waals surface area contributed by atoms with Gasteiger partial charge in [0.25, 0.3) is 0 Å². The number of carboxylic acid groups (broad SMARTS) is 1. The Morgan fingerprint density at radius 2 is 2.04 bits per heavy atom. The standard InChI is InChI=1S/C15H14N2O6/c1-21-10-6-5-9(12(15(19)20)13(10)22-2)8-16-17-14(18)11-4-3-7-23-11/h3-8H,1-2H3,(H,17,18)(H,19,20)/b16-8+. The molecular formula is C15H14N2O6. The number of methoxy groups -OCH3 is 2. The second-order valence-electron chi connectivity index (χ2n) is 4.25. The van der Waals surface area contributed by atoms with Crippen LogP contribution in [-0.4, -0.2) is 37.4 Å². The fraction of sp³-hybridized carbons (Fsp3) is 0.133. The summed E-state index contributed by atoms with van der Waals surface area (Å²) in [5.41, 5.74) is 2.36. The van der Waals surface area contributed by atoms with Gasteiger partial charge in [0.05, 0.1) is 26.7 Å². The Kier molecular flexibility index (Phi) is 4.98. The number of carboxylic acids is 1. The first kappa shape index (κ1) is 16.1. The van der Waals surface area contributed by atoms with Gasteiger partial charge in [0.2, 0.25) is 0 Å². The van der Waals surface area contributed by atoms with Crippen molar-refractivity contribution in [1.29, 1.82) is 0 Å². The predicted octanol–water partition coefficient (Wildman–Crippen LogP) is 1.76. The van der Waals surface area contributed by atoms with Crippen LogP contribution >= 0.6 is 0 Å². The lowest BCUT2D eigenvalue weighted by atomic mass is 10.1. The highest BCUT2D eigenvalue weighted by molar-refractivity contribution is 6.02. The van der Waals surface area contributed by atoms with Gasteiger partial charge >= 0.3 is 11.9 Å². The molecule has 23 heavy (non-hydrogen) atoms. The largest absolute Gasteiger partial charge is 0.493 e. The number of nitrogens with zero attached hydrogens (tertiary/aromatic N) is 1. The zero-order valence-electron chi connectivity index (χ0n) is 12.4. The number of hydrogen-bond donors (Lipinski definition) is 2. The predicted molar refractivity (Wildman–Crippen MR) is 80.3 cm³/mol. The quantitative estimate of drug-likeness (QED) is 0.620. The molecule has 1 amide bonds. The first-order valence-corrected chi connectivity index (χ1v) is 6.43. The van der Waals surface area contributed by atoms with Gasteiger partial charge in [-0.15, -0.1) is 0 Å². The van der Waals surface area contributed by atoms with Crippen LogP contribution < -0.4 is 14.9 Å². The lowest BCUT2D eigenvalue weighted by Crippen LogP contribution is -2.17. The highest BCUT2D eigenvalue weighted by atomic mass is 16.5. The van der Waals surface area contributed by atoms with Crippen LogP contribution in [0.1, 0.15) is 26.5 Å². The topological polar surface area (TPSA) is 110 Å². The lowest BCUT2D eigenvalue weighted by Gasteiger charge is -2.12. The fourth-order valence-electron chi connectivity index (χ4n) is 1.89. The number of hydrogen-bond acceptors (Lipinski definition) is 6. The first-order chi connectivity index (χ1) is 11.1. The summed E-state index contributed by atoms with van der Waals surface area (Å²) in [4.78, 5) is 23.1. The van der Waals surface area contributed by atoms with Crippen molar-refractivity contribution in [2.75, 3.05) is 14.2 Å². The summed E-state index contributed by atoms with van der Waals surface area (Å²) >= 11 is 0. The van der Waals surface area contributed by atoms with Gasteiger partial charge in [-0.3, -0.25) is 4.79 Å². The maximum Gasteiger partial charge on any atom is 0.340 e. The SMILES string of the molecule is COc1ccc(/C=N/NC(=O)c2ccco2)c(C(=O)O)c1OC. The van der Waals surface area contributed by atoms with Crippen LogP contribution in [0.25, 0.3) is 0 Å². The lowest BCUT2D eigenvalue weighted by molar-refractivity contribution is 0.0692. The number of rotatable bonds is 6. The molecule has 2 aromatic rings. The number of carbonyl (C=O) groups excluding carboxylic acids is 1.